The highest BCUT2D eigenvalue weighted by atomic mass is 16.5. The van der Waals surface area contributed by atoms with Crippen LogP contribution in [-0.4, -0.2) is 39.7 Å². The molecule has 0 unspecified atom stereocenters. The highest BCUT2D eigenvalue weighted by Crippen LogP contribution is 2.28. The molecular weight excluding hydrogens is 364 g/mol. The van der Waals surface area contributed by atoms with Crippen LogP contribution in [0.3, 0.4) is 0 Å². The molecule has 4 heterocycles. The second kappa shape index (κ2) is 7.72. The first-order valence-corrected chi connectivity index (χ1v) is 10.0. The lowest BCUT2D eigenvalue weighted by Gasteiger charge is -2.30. The third-order valence-electron chi connectivity index (χ3n) is 5.69. The van der Waals surface area contributed by atoms with Crippen LogP contribution in [0, 0.1) is 0 Å². The Morgan fingerprint density at radius 2 is 2.00 bits per heavy atom. The largest absolute Gasteiger partial charge is 0.497 e. The summed E-state index contributed by atoms with van der Waals surface area (Å²) in [5.41, 5.74) is 4.34. The number of likely N-dealkylation sites (tertiary alicyclic amines) is 1. The Balaban J connectivity index is 1.31. The molecule has 6 nitrogen and oxygen atoms in total. The number of rotatable bonds is 5. The average Bonchev–Trinajstić information content (AvgIpc) is 3.43. The van der Waals surface area contributed by atoms with Gasteiger partial charge in [-0.25, -0.2) is 9.50 Å². The van der Waals surface area contributed by atoms with E-state index in [9.17, 15) is 0 Å². The molecule has 1 aromatic carbocycles. The lowest BCUT2D eigenvalue weighted by molar-refractivity contribution is 0.201. The zero-order valence-corrected chi connectivity index (χ0v) is 16.5. The fraction of sp³-hybridized carbons (Fsp3) is 0.304. The van der Waals surface area contributed by atoms with Gasteiger partial charge in [0.15, 0.2) is 11.5 Å². The molecule has 1 fully saturated rings. The minimum absolute atomic E-state index is 0.413. The first-order valence-electron chi connectivity index (χ1n) is 10.0. The molecule has 1 aliphatic heterocycles. The summed E-state index contributed by atoms with van der Waals surface area (Å²) in [6, 6.07) is 14.2. The van der Waals surface area contributed by atoms with Crippen LogP contribution >= 0.6 is 0 Å². The zero-order chi connectivity index (χ0) is 19.6. The van der Waals surface area contributed by atoms with Crippen LogP contribution in [0.2, 0.25) is 0 Å². The van der Waals surface area contributed by atoms with Crippen LogP contribution in [0.5, 0.6) is 5.75 Å². The first kappa shape index (κ1) is 17.9. The van der Waals surface area contributed by atoms with E-state index in [1.54, 1.807) is 13.4 Å². The van der Waals surface area contributed by atoms with Crippen molar-refractivity contribution in [2.75, 3.05) is 20.2 Å². The predicted octanol–water partition coefficient (Wildman–Crippen LogP) is 4.38. The lowest BCUT2D eigenvalue weighted by atomic mass is 9.96. The van der Waals surface area contributed by atoms with E-state index in [0.29, 0.717) is 5.92 Å². The Kier molecular flexibility index (Phi) is 4.77. The highest BCUT2D eigenvalue weighted by Gasteiger charge is 2.24. The Hall–Kier alpha value is -3.12. The van der Waals surface area contributed by atoms with Gasteiger partial charge < -0.3 is 9.15 Å². The second-order valence-corrected chi connectivity index (χ2v) is 7.60. The molecule has 6 heteroatoms. The Labute approximate surface area is 169 Å². The SMILES string of the molecule is COc1cccc(-c2ccc3nc(C4CCN(Cc5ccoc5)CC4)nn3c2)c1. The maximum Gasteiger partial charge on any atom is 0.155 e. The summed E-state index contributed by atoms with van der Waals surface area (Å²) < 4.78 is 12.4. The van der Waals surface area contributed by atoms with Crippen molar-refractivity contribution in [2.45, 2.75) is 25.3 Å². The number of nitrogens with zero attached hydrogens (tertiary/aromatic N) is 4. The molecule has 0 saturated carbocycles. The molecule has 0 bridgehead atoms. The summed E-state index contributed by atoms with van der Waals surface area (Å²) in [7, 11) is 1.69. The number of piperidine rings is 1. The van der Waals surface area contributed by atoms with Gasteiger partial charge in [-0.05, 0) is 61.8 Å². The predicted molar refractivity (Wildman–Crippen MR) is 111 cm³/mol. The smallest absolute Gasteiger partial charge is 0.155 e. The van der Waals surface area contributed by atoms with Crippen LogP contribution in [-0.2, 0) is 6.54 Å². The number of fused-ring (bicyclic) bond motifs is 1. The lowest BCUT2D eigenvalue weighted by Crippen LogP contribution is -2.32. The van der Waals surface area contributed by atoms with Crippen molar-refractivity contribution in [3.63, 3.8) is 0 Å². The molecule has 1 aliphatic rings. The molecule has 0 amide bonds. The van der Waals surface area contributed by atoms with Crippen LogP contribution in [0.4, 0.5) is 0 Å². The zero-order valence-electron chi connectivity index (χ0n) is 16.5. The van der Waals surface area contributed by atoms with E-state index >= 15 is 0 Å². The summed E-state index contributed by atoms with van der Waals surface area (Å²) >= 11 is 0. The van der Waals surface area contributed by atoms with E-state index in [1.165, 1.54) is 5.56 Å². The van der Waals surface area contributed by atoms with Crippen molar-refractivity contribution in [2.24, 2.45) is 0 Å². The Morgan fingerprint density at radius 1 is 1.10 bits per heavy atom. The molecule has 29 heavy (non-hydrogen) atoms. The van der Waals surface area contributed by atoms with Gasteiger partial charge in [0, 0.05) is 29.8 Å². The fourth-order valence-corrected chi connectivity index (χ4v) is 4.04. The number of methoxy groups -OCH3 is 1. The monoisotopic (exact) mass is 388 g/mol. The van der Waals surface area contributed by atoms with E-state index in [2.05, 4.69) is 23.2 Å². The van der Waals surface area contributed by atoms with Gasteiger partial charge in [-0.1, -0.05) is 12.1 Å². The van der Waals surface area contributed by atoms with E-state index in [-0.39, 0.29) is 0 Å². The normalized spacial score (nSPS) is 15.8. The van der Waals surface area contributed by atoms with Crippen molar-refractivity contribution in [3.05, 3.63) is 72.6 Å². The number of hydrogen-bond acceptors (Lipinski definition) is 5. The molecule has 4 aromatic rings. The highest BCUT2D eigenvalue weighted by molar-refractivity contribution is 5.65. The van der Waals surface area contributed by atoms with E-state index in [0.717, 1.165) is 60.8 Å². The fourth-order valence-electron chi connectivity index (χ4n) is 4.04. The summed E-state index contributed by atoms with van der Waals surface area (Å²) in [6.45, 7) is 3.06. The molecule has 0 spiro atoms. The van der Waals surface area contributed by atoms with Gasteiger partial charge in [-0.15, -0.1) is 0 Å². The van der Waals surface area contributed by atoms with E-state index < -0.39 is 0 Å². The molecule has 0 N–H and O–H groups in total. The molecule has 1 saturated heterocycles. The van der Waals surface area contributed by atoms with Gasteiger partial charge in [-0.2, -0.15) is 5.10 Å². The van der Waals surface area contributed by atoms with E-state index in [1.807, 2.05) is 41.1 Å². The number of furan rings is 1. The van der Waals surface area contributed by atoms with Crippen molar-refractivity contribution >= 4 is 5.65 Å². The minimum atomic E-state index is 0.413. The van der Waals surface area contributed by atoms with Gasteiger partial charge in [0.05, 0.1) is 19.6 Å². The quantitative estimate of drug-likeness (QED) is 0.508. The maximum atomic E-state index is 5.34. The molecule has 0 aliphatic carbocycles. The Morgan fingerprint density at radius 3 is 2.79 bits per heavy atom. The topological polar surface area (TPSA) is 55.8 Å². The van der Waals surface area contributed by atoms with Crippen molar-refractivity contribution in [1.82, 2.24) is 19.5 Å². The summed E-state index contributed by atoms with van der Waals surface area (Å²) in [5.74, 6) is 2.22. The van der Waals surface area contributed by atoms with Gasteiger partial charge in [0.1, 0.15) is 5.75 Å². The molecular formula is C23H24N4O2. The molecule has 3 aromatic heterocycles. The van der Waals surface area contributed by atoms with Gasteiger partial charge >= 0.3 is 0 Å². The standard InChI is InChI=1S/C23H24N4O2/c1-28-21-4-2-3-19(13-21)20-5-6-22-24-23(25-27(22)15-20)18-7-10-26(11-8-18)14-17-9-12-29-16-17/h2-6,9,12-13,15-16,18H,7-8,10-11,14H2,1H3. The second-order valence-electron chi connectivity index (χ2n) is 7.60. The Bertz CT molecular complexity index is 1100. The van der Waals surface area contributed by atoms with Crippen LogP contribution in [0.1, 0.15) is 30.1 Å². The third-order valence-corrected chi connectivity index (χ3v) is 5.69. The number of aromatic nitrogens is 3. The average molecular weight is 388 g/mol. The third kappa shape index (κ3) is 3.76. The van der Waals surface area contributed by atoms with Crippen LogP contribution < -0.4 is 4.74 Å². The molecule has 148 valence electrons. The molecule has 5 rings (SSSR count). The number of benzene rings is 1. The van der Waals surface area contributed by atoms with Gasteiger partial charge in [0.2, 0.25) is 0 Å². The van der Waals surface area contributed by atoms with Crippen molar-refractivity contribution < 1.29 is 9.15 Å². The minimum Gasteiger partial charge on any atom is -0.497 e. The summed E-state index contributed by atoms with van der Waals surface area (Å²) in [4.78, 5) is 7.27. The number of pyridine rings is 1. The van der Waals surface area contributed by atoms with Crippen molar-refractivity contribution in [1.29, 1.82) is 0 Å². The number of ether oxygens (including phenoxy) is 1. The number of hydrogen-bond donors (Lipinski definition) is 0. The summed E-state index contributed by atoms with van der Waals surface area (Å²) in [5, 5.41) is 4.81. The summed E-state index contributed by atoms with van der Waals surface area (Å²) in [6.07, 6.45) is 7.78. The maximum absolute atomic E-state index is 5.34. The first-order chi connectivity index (χ1) is 14.3. The van der Waals surface area contributed by atoms with E-state index in [4.69, 9.17) is 19.2 Å². The molecule has 0 radical (unpaired) electrons. The van der Waals surface area contributed by atoms with Gasteiger partial charge in [-0.3, -0.25) is 4.90 Å². The van der Waals surface area contributed by atoms with Crippen molar-refractivity contribution in [3.8, 4) is 16.9 Å². The van der Waals surface area contributed by atoms with Gasteiger partial charge in [0.25, 0.3) is 0 Å². The molecule has 0 atom stereocenters. The van der Waals surface area contributed by atoms with Crippen LogP contribution in [0.25, 0.3) is 16.8 Å². The van der Waals surface area contributed by atoms with Crippen LogP contribution in [0.15, 0.2) is 65.6 Å².